The van der Waals surface area contributed by atoms with Crippen LogP contribution in [0.4, 0.5) is 5.95 Å². The third kappa shape index (κ3) is 4.77. The van der Waals surface area contributed by atoms with E-state index in [2.05, 4.69) is 30.6 Å². The molecule has 38 heavy (non-hydrogen) atoms. The van der Waals surface area contributed by atoms with Crippen LogP contribution in [0, 0.1) is 5.92 Å². The number of nitrogens with two attached hydrogens (primary N) is 1. The van der Waals surface area contributed by atoms with E-state index >= 15 is 0 Å². The molecule has 1 saturated heterocycles. The molecule has 192 valence electrons. The Morgan fingerprint density at radius 2 is 1.71 bits per heavy atom. The normalized spacial score (nSPS) is 15.2. The van der Waals surface area contributed by atoms with E-state index in [9.17, 15) is 14.4 Å². The number of carbonyl (C=O) groups is 3. The lowest BCUT2D eigenvalue weighted by Crippen LogP contribution is -2.52. The van der Waals surface area contributed by atoms with E-state index in [0.29, 0.717) is 52.1 Å². The summed E-state index contributed by atoms with van der Waals surface area (Å²) in [5.41, 5.74) is 8.84. The molecule has 1 aliphatic heterocycles. The van der Waals surface area contributed by atoms with Crippen molar-refractivity contribution in [2.24, 2.45) is 11.7 Å². The van der Waals surface area contributed by atoms with Gasteiger partial charge in [0.1, 0.15) is 11.3 Å². The van der Waals surface area contributed by atoms with Crippen LogP contribution in [-0.4, -0.2) is 63.3 Å². The van der Waals surface area contributed by atoms with Gasteiger partial charge in [-0.3, -0.25) is 14.4 Å². The van der Waals surface area contributed by atoms with Crippen LogP contribution in [0.2, 0.25) is 0 Å². The predicted octanol–water partition coefficient (Wildman–Crippen LogP) is 1.88. The third-order valence-corrected chi connectivity index (χ3v) is 6.80. The van der Waals surface area contributed by atoms with E-state index in [0.717, 1.165) is 31.5 Å². The number of para-hydroxylation sites is 1. The van der Waals surface area contributed by atoms with Gasteiger partial charge in [0.25, 0.3) is 17.7 Å². The molecule has 2 aromatic heterocycles. The zero-order valence-electron chi connectivity index (χ0n) is 20.5. The molecule has 3 heterocycles. The standard InChI is InChI=1S/C27H26N8O3/c28-23(36)20-2-1-3-21-22(20)34-24(33-21)16-4-6-17(7-5-16)25(37)29-10-15-13-35(14-15)27-30-11-18(12-31-27)26(38)32-19-8-9-19/h1-7,11-12,15,19H,8-10,13-14H2,(H2,28,36)(H,29,37)(H,32,38)(H,33,34). The lowest BCUT2D eigenvalue weighted by Gasteiger charge is -2.39. The first-order valence-electron chi connectivity index (χ1n) is 12.5. The average Bonchev–Trinajstić information content (AvgIpc) is 3.61. The number of carbonyl (C=O) groups excluding carboxylic acids is 3. The van der Waals surface area contributed by atoms with E-state index in [4.69, 9.17) is 5.73 Å². The summed E-state index contributed by atoms with van der Waals surface area (Å²) in [7, 11) is 0. The molecule has 2 aromatic carbocycles. The molecule has 0 atom stereocenters. The second-order valence-electron chi connectivity index (χ2n) is 9.73. The van der Waals surface area contributed by atoms with Gasteiger partial charge in [-0.1, -0.05) is 18.2 Å². The number of hydrogen-bond acceptors (Lipinski definition) is 7. The molecule has 1 aliphatic carbocycles. The summed E-state index contributed by atoms with van der Waals surface area (Å²) in [5, 5.41) is 5.91. The number of benzene rings is 2. The number of aromatic nitrogens is 4. The molecule has 2 fully saturated rings. The van der Waals surface area contributed by atoms with Crippen molar-refractivity contribution in [3.63, 3.8) is 0 Å². The quantitative estimate of drug-likeness (QED) is 0.282. The minimum Gasteiger partial charge on any atom is -0.366 e. The maximum atomic E-state index is 12.7. The second-order valence-corrected chi connectivity index (χ2v) is 9.73. The fourth-order valence-electron chi connectivity index (χ4n) is 4.45. The van der Waals surface area contributed by atoms with Crippen molar-refractivity contribution in [3.8, 4) is 11.4 Å². The van der Waals surface area contributed by atoms with Gasteiger partial charge in [-0.25, -0.2) is 15.0 Å². The smallest absolute Gasteiger partial charge is 0.254 e. The van der Waals surface area contributed by atoms with Crippen molar-refractivity contribution in [1.82, 2.24) is 30.6 Å². The van der Waals surface area contributed by atoms with Crippen molar-refractivity contribution in [3.05, 3.63) is 71.5 Å². The number of rotatable bonds is 8. The summed E-state index contributed by atoms with van der Waals surface area (Å²) in [6.45, 7) is 2.00. The van der Waals surface area contributed by atoms with Gasteiger partial charge < -0.3 is 26.3 Å². The van der Waals surface area contributed by atoms with E-state index in [1.807, 2.05) is 23.1 Å². The summed E-state index contributed by atoms with van der Waals surface area (Å²) in [6, 6.07) is 12.6. The van der Waals surface area contributed by atoms with Crippen molar-refractivity contribution < 1.29 is 14.4 Å². The van der Waals surface area contributed by atoms with Gasteiger partial charge in [0.2, 0.25) is 5.95 Å². The Kier molecular flexibility index (Phi) is 5.95. The maximum Gasteiger partial charge on any atom is 0.254 e. The number of hydrogen-bond donors (Lipinski definition) is 4. The lowest BCUT2D eigenvalue weighted by molar-refractivity contribution is 0.0939. The van der Waals surface area contributed by atoms with E-state index in [-0.39, 0.29) is 17.7 Å². The molecule has 0 unspecified atom stereocenters. The average molecular weight is 511 g/mol. The lowest BCUT2D eigenvalue weighted by atomic mass is 10.0. The first-order chi connectivity index (χ1) is 18.4. The van der Waals surface area contributed by atoms with Gasteiger partial charge in [-0.05, 0) is 37.1 Å². The summed E-state index contributed by atoms with van der Waals surface area (Å²) in [4.78, 5) is 54.8. The van der Waals surface area contributed by atoms with Crippen molar-refractivity contribution >= 4 is 34.7 Å². The largest absolute Gasteiger partial charge is 0.366 e. The Labute approximate surface area is 217 Å². The monoisotopic (exact) mass is 510 g/mol. The van der Waals surface area contributed by atoms with Crippen LogP contribution >= 0.6 is 0 Å². The molecule has 5 N–H and O–H groups in total. The van der Waals surface area contributed by atoms with Gasteiger partial charge in [0, 0.05) is 55.1 Å². The molecule has 11 nitrogen and oxygen atoms in total. The molecule has 3 amide bonds. The van der Waals surface area contributed by atoms with E-state index < -0.39 is 5.91 Å². The molecule has 6 rings (SSSR count). The molecule has 0 spiro atoms. The van der Waals surface area contributed by atoms with Crippen LogP contribution in [0.25, 0.3) is 22.4 Å². The van der Waals surface area contributed by atoms with Crippen molar-refractivity contribution in [1.29, 1.82) is 0 Å². The Morgan fingerprint density at radius 3 is 2.39 bits per heavy atom. The van der Waals surface area contributed by atoms with Gasteiger partial charge in [-0.2, -0.15) is 0 Å². The molecule has 2 aliphatic rings. The molecule has 11 heteroatoms. The maximum absolute atomic E-state index is 12.7. The van der Waals surface area contributed by atoms with Crippen LogP contribution in [0.1, 0.15) is 43.9 Å². The number of fused-ring (bicyclic) bond motifs is 1. The van der Waals surface area contributed by atoms with E-state index in [1.54, 1.807) is 36.7 Å². The van der Waals surface area contributed by atoms with Crippen LogP contribution < -0.4 is 21.3 Å². The number of H-pyrrole nitrogens is 1. The number of aromatic amines is 1. The Bertz CT molecular complexity index is 1520. The summed E-state index contributed by atoms with van der Waals surface area (Å²) in [6.07, 6.45) is 5.18. The zero-order chi connectivity index (χ0) is 26.2. The number of imidazole rings is 1. The third-order valence-electron chi connectivity index (χ3n) is 6.80. The van der Waals surface area contributed by atoms with Crippen LogP contribution in [0.15, 0.2) is 54.9 Å². The Morgan fingerprint density at radius 1 is 0.974 bits per heavy atom. The van der Waals surface area contributed by atoms with Crippen LogP contribution in [0.3, 0.4) is 0 Å². The van der Waals surface area contributed by atoms with Crippen molar-refractivity contribution in [2.75, 3.05) is 24.5 Å². The number of anilines is 1. The SMILES string of the molecule is NC(=O)c1cccc2[nH]c(-c3ccc(C(=O)NCC4CN(c5ncc(C(=O)NC6CC6)cn5)C4)cc3)nc12. The highest BCUT2D eigenvalue weighted by atomic mass is 16.2. The van der Waals surface area contributed by atoms with Gasteiger partial charge in [0.05, 0.1) is 16.6 Å². The first-order valence-corrected chi connectivity index (χ1v) is 12.5. The molecule has 1 saturated carbocycles. The summed E-state index contributed by atoms with van der Waals surface area (Å²) in [5.74, 6) is 0.640. The van der Waals surface area contributed by atoms with E-state index in [1.165, 1.54) is 0 Å². The van der Waals surface area contributed by atoms with Gasteiger partial charge in [0.15, 0.2) is 0 Å². The summed E-state index contributed by atoms with van der Waals surface area (Å²) >= 11 is 0. The summed E-state index contributed by atoms with van der Waals surface area (Å²) < 4.78 is 0. The highest BCUT2D eigenvalue weighted by Gasteiger charge is 2.29. The van der Waals surface area contributed by atoms with Gasteiger partial charge >= 0.3 is 0 Å². The Hall–Kier alpha value is -4.80. The number of amides is 3. The second kappa shape index (κ2) is 9.58. The molecule has 4 aromatic rings. The highest BCUT2D eigenvalue weighted by Crippen LogP contribution is 2.24. The molecule has 0 bridgehead atoms. The predicted molar refractivity (Wildman–Crippen MR) is 141 cm³/mol. The number of nitrogens with zero attached hydrogens (tertiary/aromatic N) is 4. The van der Waals surface area contributed by atoms with Crippen LogP contribution in [-0.2, 0) is 0 Å². The fourth-order valence-corrected chi connectivity index (χ4v) is 4.45. The molecular weight excluding hydrogens is 484 g/mol. The molecule has 0 radical (unpaired) electrons. The van der Waals surface area contributed by atoms with Crippen LogP contribution in [0.5, 0.6) is 0 Å². The topological polar surface area (TPSA) is 159 Å². The number of nitrogens with one attached hydrogen (secondary N) is 3. The van der Waals surface area contributed by atoms with Crippen molar-refractivity contribution in [2.45, 2.75) is 18.9 Å². The fraction of sp³-hybridized carbons (Fsp3) is 0.259. The minimum atomic E-state index is -0.533. The van der Waals surface area contributed by atoms with Gasteiger partial charge in [-0.15, -0.1) is 0 Å². The number of primary amides is 1. The molecular formula is C27H26N8O3. The minimum absolute atomic E-state index is 0.133. The first kappa shape index (κ1) is 23.6. The Balaban J connectivity index is 1.01. The zero-order valence-corrected chi connectivity index (χ0v) is 20.5. The highest BCUT2D eigenvalue weighted by molar-refractivity contribution is 6.04.